The van der Waals surface area contributed by atoms with Gasteiger partial charge in [-0.15, -0.1) is 0 Å². The predicted octanol–water partition coefficient (Wildman–Crippen LogP) is 6.43. The standard InChI is InChI=1S/C26H22O3S/c1-26(2)15-14-21(17-6-4-3-5-7-17)22-16-19(10-13-23(22)26)25(29)30-20-11-8-18(9-12-20)24(27)28/h3-14,16H,15H2,1-2H3,(H,27,28). The number of fused-ring (bicyclic) bond motifs is 1. The summed E-state index contributed by atoms with van der Waals surface area (Å²) in [7, 11) is 0. The summed E-state index contributed by atoms with van der Waals surface area (Å²) in [5, 5.41) is 8.97. The third kappa shape index (κ3) is 3.96. The van der Waals surface area contributed by atoms with Crippen molar-refractivity contribution in [3.05, 3.63) is 107 Å². The van der Waals surface area contributed by atoms with Crippen LogP contribution in [-0.2, 0) is 5.41 Å². The van der Waals surface area contributed by atoms with E-state index in [1.54, 1.807) is 12.1 Å². The van der Waals surface area contributed by atoms with E-state index in [0.29, 0.717) is 5.56 Å². The van der Waals surface area contributed by atoms with Crippen LogP contribution in [0.1, 0.15) is 57.7 Å². The predicted molar refractivity (Wildman–Crippen MR) is 121 cm³/mol. The number of hydrogen-bond donors (Lipinski definition) is 1. The maximum atomic E-state index is 13.0. The zero-order chi connectivity index (χ0) is 21.3. The Morgan fingerprint density at radius 1 is 0.900 bits per heavy atom. The summed E-state index contributed by atoms with van der Waals surface area (Å²) in [6.07, 6.45) is 3.21. The van der Waals surface area contributed by atoms with Gasteiger partial charge in [0.25, 0.3) is 0 Å². The number of aromatic carboxylic acids is 1. The average Bonchev–Trinajstić information content (AvgIpc) is 2.74. The van der Waals surface area contributed by atoms with Crippen LogP contribution in [0.3, 0.4) is 0 Å². The highest BCUT2D eigenvalue weighted by Crippen LogP contribution is 2.42. The lowest BCUT2D eigenvalue weighted by molar-refractivity contribution is 0.0696. The van der Waals surface area contributed by atoms with Crippen LogP contribution in [0.5, 0.6) is 0 Å². The Morgan fingerprint density at radius 2 is 1.57 bits per heavy atom. The number of hydrogen-bond acceptors (Lipinski definition) is 3. The molecule has 0 amide bonds. The van der Waals surface area contributed by atoms with Crippen molar-refractivity contribution in [2.24, 2.45) is 0 Å². The van der Waals surface area contributed by atoms with Gasteiger partial charge in [0.15, 0.2) is 0 Å². The minimum Gasteiger partial charge on any atom is -0.478 e. The largest absolute Gasteiger partial charge is 0.478 e. The molecule has 0 aliphatic heterocycles. The highest BCUT2D eigenvalue weighted by Gasteiger charge is 2.29. The molecule has 1 aliphatic carbocycles. The van der Waals surface area contributed by atoms with E-state index in [1.165, 1.54) is 17.7 Å². The molecule has 0 fully saturated rings. The van der Waals surface area contributed by atoms with Crippen molar-refractivity contribution < 1.29 is 14.7 Å². The van der Waals surface area contributed by atoms with Crippen LogP contribution in [0.25, 0.3) is 5.57 Å². The van der Waals surface area contributed by atoms with Crippen molar-refractivity contribution in [2.75, 3.05) is 0 Å². The van der Waals surface area contributed by atoms with Crippen LogP contribution < -0.4 is 0 Å². The van der Waals surface area contributed by atoms with Gasteiger partial charge in [0.05, 0.1) is 5.56 Å². The third-order valence-electron chi connectivity index (χ3n) is 5.49. The summed E-state index contributed by atoms with van der Waals surface area (Å²) in [6.45, 7) is 4.45. The zero-order valence-electron chi connectivity index (χ0n) is 16.9. The maximum absolute atomic E-state index is 13.0. The molecular formula is C26H22O3S. The maximum Gasteiger partial charge on any atom is 0.335 e. The Bertz CT molecular complexity index is 1140. The Morgan fingerprint density at radius 3 is 2.23 bits per heavy atom. The van der Waals surface area contributed by atoms with Crippen molar-refractivity contribution in [3.63, 3.8) is 0 Å². The molecule has 3 aromatic rings. The Balaban J connectivity index is 1.67. The second-order valence-corrected chi connectivity index (χ2v) is 9.10. The monoisotopic (exact) mass is 414 g/mol. The number of benzene rings is 3. The summed E-state index contributed by atoms with van der Waals surface area (Å²) < 4.78 is 0. The summed E-state index contributed by atoms with van der Waals surface area (Å²) in [5.41, 5.74) is 5.52. The summed E-state index contributed by atoms with van der Waals surface area (Å²) in [4.78, 5) is 24.7. The lowest BCUT2D eigenvalue weighted by Gasteiger charge is -2.32. The van der Waals surface area contributed by atoms with Gasteiger partial charge in [-0.2, -0.15) is 0 Å². The fraction of sp³-hybridized carbons (Fsp3) is 0.154. The first kappa shape index (κ1) is 20.2. The number of thioether (sulfide) groups is 1. The number of carboxylic acid groups (broad SMARTS) is 1. The van der Waals surface area contributed by atoms with Gasteiger partial charge in [-0.3, -0.25) is 4.79 Å². The number of carbonyl (C=O) groups is 2. The number of carboxylic acids is 1. The second-order valence-electron chi connectivity index (χ2n) is 8.05. The molecule has 0 bridgehead atoms. The van der Waals surface area contributed by atoms with E-state index in [1.807, 2.05) is 30.3 Å². The highest BCUT2D eigenvalue weighted by atomic mass is 32.2. The quantitative estimate of drug-likeness (QED) is 0.500. The molecule has 3 aromatic carbocycles. The van der Waals surface area contributed by atoms with Gasteiger partial charge < -0.3 is 5.11 Å². The van der Waals surface area contributed by atoms with Crippen LogP contribution in [0.15, 0.2) is 83.8 Å². The van der Waals surface area contributed by atoms with Gasteiger partial charge in [0.2, 0.25) is 5.12 Å². The fourth-order valence-electron chi connectivity index (χ4n) is 3.78. The lowest BCUT2D eigenvalue weighted by atomic mass is 9.72. The first-order valence-corrected chi connectivity index (χ1v) is 10.6. The van der Waals surface area contributed by atoms with E-state index in [-0.39, 0.29) is 16.1 Å². The molecule has 4 rings (SSSR count). The normalized spacial score (nSPS) is 14.5. The Labute approximate surface area is 180 Å². The van der Waals surface area contributed by atoms with Crippen LogP contribution in [0.4, 0.5) is 0 Å². The summed E-state index contributed by atoms with van der Waals surface area (Å²) >= 11 is 1.11. The van der Waals surface area contributed by atoms with E-state index in [0.717, 1.165) is 39.8 Å². The molecule has 0 heterocycles. The topological polar surface area (TPSA) is 54.4 Å². The zero-order valence-corrected chi connectivity index (χ0v) is 17.7. The molecule has 0 spiro atoms. The van der Waals surface area contributed by atoms with E-state index >= 15 is 0 Å². The van der Waals surface area contributed by atoms with Crippen LogP contribution >= 0.6 is 11.8 Å². The minimum absolute atomic E-state index is 0.00893. The van der Waals surface area contributed by atoms with Gasteiger partial charge in [-0.25, -0.2) is 4.79 Å². The molecule has 0 atom stereocenters. The molecular weight excluding hydrogens is 392 g/mol. The van der Waals surface area contributed by atoms with Gasteiger partial charge in [-0.05, 0) is 76.2 Å². The van der Waals surface area contributed by atoms with Crippen LogP contribution in [0.2, 0.25) is 0 Å². The molecule has 3 nitrogen and oxygen atoms in total. The number of allylic oxidation sites excluding steroid dienone is 1. The average molecular weight is 415 g/mol. The first-order valence-electron chi connectivity index (χ1n) is 9.81. The van der Waals surface area contributed by atoms with Crippen LogP contribution in [-0.4, -0.2) is 16.2 Å². The Kier molecular flexibility index (Phi) is 5.35. The molecule has 0 radical (unpaired) electrons. The summed E-state index contributed by atoms with van der Waals surface area (Å²) in [6, 6.07) is 22.6. The lowest BCUT2D eigenvalue weighted by Crippen LogP contribution is -2.22. The Hall–Kier alpha value is -3.11. The van der Waals surface area contributed by atoms with Gasteiger partial charge in [-0.1, -0.05) is 62.4 Å². The highest BCUT2D eigenvalue weighted by molar-refractivity contribution is 8.14. The summed E-state index contributed by atoms with van der Waals surface area (Å²) in [5.74, 6) is -0.976. The first-order chi connectivity index (χ1) is 14.3. The molecule has 30 heavy (non-hydrogen) atoms. The molecule has 0 aromatic heterocycles. The van der Waals surface area contributed by atoms with E-state index in [2.05, 4.69) is 38.1 Å². The molecule has 1 N–H and O–H groups in total. The number of carbonyl (C=O) groups excluding carboxylic acids is 1. The van der Waals surface area contributed by atoms with E-state index in [4.69, 9.17) is 5.11 Å². The van der Waals surface area contributed by atoms with Crippen molar-refractivity contribution in [2.45, 2.75) is 30.6 Å². The van der Waals surface area contributed by atoms with Crippen molar-refractivity contribution in [3.8, 4) is 0 Å². The minimum atomic E-state index is -0.976. The van der Waals surface area contributed by atoms with E-state index < -0.39 is 5.97 Å². The van der Waals surface area contributed by atoms with Crippen molar-refractivity contribution in [1.82, 2.24) is 0 Å². The van der Waals surface area contributed by atoms with Gasteiger partial charge in [0, 0.05) is 10.5 Å². The molecule has 1 aliphatic rings. The van der Waals surface area contributed by atoms with Gasteiger partial charge in [0.1, 0.15) is 0 Å². The molecule has 0 unspecified atom stereocenters. The van der Waals surface area contributed by atoms with Gasteiger partial charge >= 0.3 is 5.97 Å². The molecule has 150 valence electrons. The van der Waals surface area contributed by atoms with Crippen LogP contribution in [0, 0.1) is 0 Å². The molecule has 0 saturated carbocycles. The van der Waals surface area contributed by atoms with Crippen molar-refractivity contribution in [1.29, 1.82) is 0 Å². The smallest absolute Gasteiger partial charge is 0.335 e. The molecule has 0 saturated heterocycles. The second kappa shape index (κ2) is 7.96. The van der Waals surface area contributed by atoms with Crippen molar-refractivity contribution >= 4 is 28.4 Å². The molecule has 4 heteroatoms. The third-order valence-corrected chi connectivity index (χ3v) is 6.42. The fourth-order valence-corrected chi connectivity index (χ4v) is 4.51. The SMILES string of the molecule is CC1(C)CC=C(c2ccccc2)c2cc(C(=O)Sc3ccc(C(=O)O)cc3)ccc21. The number of rotatable bonds is 4. The van der Waals surface area contributed by atoms with E-state index in [9.17, 15) is 9.59 Å².